The zero-order chi connectivity index (χ0) is 13.8. The minimum Gasteiger partial charge on any atom is -0.506 e. The molecule has 1 N–H and O–H groups in total. The summed E-state index contributed by atoms with van der Waals surface area (Å²) in [5.41, 5.74) is 1.67. The molecule has 19 heavy (non-hydrogen) atoms. The molecule has 0 aromatic heterocycles. The van der Waals surface area contributed by atoms with Gasteiger partial charge in [-0.15, -0.1) is 0 Å². The monoisotopic (exact) mass is 256 g/mol. The zero-order valence-electron chi connectivity index (χ0n) is 11.0. The van der Waals surface area contributed by atoms with Crippen molar-refractivity contribution in [3.63, 3.8) is 0 Å². The maximum atomic E-state index is 11.9. The summed E-state index contributed by atoms with van der Waals surface area (Å²) in [5.74, 6) is -0.551. The van der Waals surface area contributed by atoms with Crippen LogP contribution in [0.5, 0.6) is 5.75 Å². The van der Waals surface area contributed by atoms with E-state index in [4.69, 9.17) is 4.74 Å². The predicted octanol–water partition coefficient (Wildman–Crippen LogP) is 3.62. The van der Waals surface area contributed by atoms with Crippen LogP contribution >= 0.6 is 0 Å². The molecule has 0 aliphatic carbocycles. The van der Waals surface area contributed by atoms with Crippen LogP contribution in [0.2, 0.25) is 0 Å². The van der Waals surface area contributed by atoms with Crippen molar-refractivity contribution in [3.8, 4) is 16.9 Å². The summed E-state index contributed by atoms with van der Waals surface area (Å²) in [6.45, 7) is 3.55. The van der Waals surface area contributed by atoms with Crippen molar-refractivity contribution in [1.29, 1.82) is 0 Å². The van der Waals surface area contributed by atoms with Crippen LogP contribution in [-0.4, -0.2) is 17.2 Å². The van der Waals surface area contributed by atoms with Gasteiger partial charge >= 0.3 is 5.97 Å². The first-order chi connectivity index (χ1) is 9.09. The Bertz CT molecular complexity index is 574. The fraction of sp³-hybridized carbons (Fsp3) is 0.188. The van der Waals surface area contributed by atoms with E-state index in [1.165, 1.54) is 0 Å². The molecule has 0 saturated carbocycles. The quantitative estimate of drug-likeness (QED) is 0.853. The van der Waals surface area contributed by atoms with Crippen LogP contribution in [0.1, 0.15) is 24.2 Å². The smallest absolute Gasteiger partial charge is 0.342 e. The van der Waals surface area contributed by atoms with Gasteiger partial charge in [-0.1, -0.05) is 42.5 Å². The summed E-state index contributed by atoms with van der Waals surface area (Å²) in [6.07, 6.45) is -0.215. The first-order valence-electron chi connectivity index (χ1n) is 6.18. The van der Waals surface area contributed by atoms with Gasteiger partial charge in [0.1, 0.15) is 11.3 Å². The number of hydrogen-bond donors (Lipinski definition) is 1. The maximum Gasteiger partial charge on any atom is 0.342 e. The number of carbonyl (C=O) groups is 1. The average molecular weight is 256 g/mol. The minimum absolute atomic E-state index is 0.0423. The van der Waals surface area contributed by atoms with Crippen LogP contribution in [0.4, 0.5) is 0 Å². The SMILES string of the molecule is CC(C)OC(=O)c1cccc(-c2ccccc2)c1O. The van der Waals surface area contributed by atoms with E-state index in [-0.39, 0.29) is 17.4 Å². The van der Waals surface area contributed by atoms with E-state index in [1.807, 2.05) is 30.3 Å². The third-order valence-corrected chi connectivity index (χ3v) is 2.68. The van der Waals surface area contributed by atoms with Gasteiger partial charge in [0.05, 0.1) is 6.10 Å². The lowest BCUT2D eigenvalue weighted by molar-refractivity contribution is 0.0375. The Labute approximate surface area is 112 Å². The topological polar surface area (TPSA) is 46.5 Å². The van der Waals surface area contributed by atoms with Crippen molar-refractivity contribution >= 4 is 5.97 Å². The molecule has 0 heterocycles. The van der Waals surface area contributed by atoms with Gasteiger partial charge in [-0.25, -0.2) is 4.79 Å². The van der Waals surface area contributed by atoms with Crippen molar-refractivity contribution < 1.29 is 14.6 Å². The molecule has 0 amide bonds. The standard InChI is InChI=1S/C16H16O3/c1-11(2)19-16(18)14-10-6-9-13(15(14)17)12-7-4-3-5-8-12/h3-11,17H,1-2H3. The molecular formula is C16H16O3. The number of aromatic hydroxyl groups is 1. The number of benzene rings is 2. The van der Waals surface area contributed by atoms with Crippen molar-refractivity contribution in [3.05, 3.63) is 54.1 Å². The van der Waals surface area contributed by atoms with Crippen molar-refractivity contribution in [1.82, 2.24) is 0 Å². The molecule has 0 radical (unpaired) electrons. The van der Waals surface area contributed by atoms with Crippen LogP contribution in [0.3, 0.4) is 0 Å². The van der Waals surface area contributed by atoms with E-state index in [2.05, 4.69) is 0 Å². The van der Waals surface area contributed by atoms with Gasteiger partial charge in [0.25, 0.3) is 0 Å². The zero-order valence-corrected chi connectivity index (χ0v) is 11.0. The molecule has 0 aliphatic rings. The Kier molecular flexibility index (Phi) is 3.85. The first-order valence-corrected chi connectivity index (χ1v) is 6.18. The molecule has 2 aromatic rings. The van der Waals surface area contributed by atoms with Crippen LogP contribution in [0.15, 0.2) is 48.5 Å². The van der Waals surface area contributed by atoms with Crippen molar-refractivity contribution in [2.75, 3.05) is 0 Å². The molecule has 0 atom stereocenters. The average Bonchev–Trinajstić information content (AvgIpc) is 2.39. The largest absolute Gasteiger partial charge is 0.506 e. The van der Waals surface area contributed by atoms with Gasteiger partial charge in [0.2, 0.25) is 0 Å². The number of phenols is 1. The summed E-state index contributed by atoms with van der Waals surface area (Å²) >= 11 is 0. The lowest BCUT2D eigenvalue weighted by Crippen LogP contribution is -2.11. The number of hydrogen-bond acceptors (Lipinski definition) is 3. The molecule has 0 fully saturated rings. The lowest BCUT2D eigenvalue weighted by Gasteiger charge is -2.11. The van der Waals surface area contributed by atoms with E-state index in [1.54, 1.807) is 32.0 Å². The fourth-order valence-electron chi connectivity index (χ4n) is 1.84. The van der Waals surface area contributed by atoms with Crippen LogP contribution in [-0.2, 0) is 4.74 Å². The van der Waals surface area contributed by atoms with E-state index >= 15 is 0 Å². The number of rotatable bonds is 3. The highest BCUT2D eigenvalue weighted by Gasteiger charge is 2.17. The van der Waals surface area contributed by atoms with E-state index in [9.17, 15) is 9.90 Å². The van der Waals surface area contributed by atoms with Gasteiger partial charge in [-0.2, -0.15) is 0 Å². The van der Waals surface area contributed by atoms with Crippen molar-refractivity contribution in [2.45, 2.75) is 20.0 Å². The van der Waals surface area contributed by atoms with Crippen molar-refractivity contribution in [2.24, 2.45) is 0 Å². The first kappa shape index (κ1) is 13.1. The molecule has 3 nitrogen and oxygen atoms in total. The highest BCUT2D eigenvalue weighted by atomic mass is 16.5. The second-order valence-corrected chi connectivity index (χ2v) is 4.52. The molecular weight excluding hydrogens is 240 g/mol. The molecule has 0 saturated heterocycles. The van der Waals surface area contributed by atoms with Gasteiger partial charge in [0.15, 0.2) is 0 Å². The summed E-state index contributed by atoms with van der Waals surface area (Å²) < 4.78 is 5.11. The van der Waals surface area contributed by atoms with Gasteiger partial charge < -0.3 is 9.84 Å². The molecule has 98 valence electrons. The highest BCUT2D eigenvalue weighted by molar-refractivity contribution is 5.95. The van der Waals surface area contributed by atoms with E-state index < -0.39 is 5.97 Å². The summed E-state index contributed by atoms with van der Waals surface area (Å²) in [7, 11) is 0. The summed E-state index contributed by atoms with van der Waals surface area (Å²) in [4.78, 5) is 11.9. The number of esters is 1. The van der Waals surface area contributed by atoms with Gasteiger partial charge in [-0.05, 0) is 25.5 Å². The second kappa shape index (κ2) is 5.57. The Hall–Kier alpha value is -2.29. The second-order valence-electron chi connectivity index (χ2n) is 4.52. The Balaban J connectivity index is 2.42. The third-order valence-electron chi connectivity index (χ3n) is 2.68. The highest BCUT2D eigenvalue weighted by Crippen LogP contribution is 2.32. The fourth-order valence-corrected chi connectivity index (χ4v) is 1.84. The summed E-state index contributed by atoms with van der Waals surface area (Å²) in [5, 5.41) is 10.2. The predicted molar refractivity (Wildman–Crippen MR) is 74.1 cm³/mol. The number of carbonyl (C=O) groups excluding carboxylic acids is 1. The molecule has 0 aliphatic heterocycles. The molecule has 3 heteroatoms. The molecule has 2 aromatic carbocycles. The maximum absolute atomic E-state index is 11.9. The van der Waals surface area contributed by atoms with Gasteiger partial charge in [-0.3, -0.25) is 0 Å². The number of phenolic OH excluding ortho intramolecular Hbond substituents is 1. The van der Waals surface area contributed by atoms with Crippen LogP contribution in [0.25, 0.3) is 11.1 Å². The van der Waals surface area contributed by atoms with E-state index in [0.717, 1.165) is 5.56 Å². The summed E-state index contributed by atoms with van der Waals surface area (Å²) in [6, 6.07) is 14.5. The Morgan fingerprint density at radius 3 is 2.37 bits per heavy atom. The Morgan fingerprint density at radius 2 is 1.74 bits per heavy atom. The van der Waals surface area contributed by atoms with Gasteiger partial charge in [0, 0.05) is 5.56 Å². The van der Waals surface area contributed by atoms with Crippen LogP contribution in [0, 0.1) is 0 Å². The Morgan fingerprint density at radius 1 is 1.05 bits per heavy atom. The minimum atomic E-state index is -0.509. The van der Waals surface area contributed by atoms with E-state index in [0.29, 0.717) is 5.56 Å². The normalized spacial score (nSPS) is 10.5. The molecule has 0 unspecified atom stereocenters. The number of para-hydroxylation sites is 1. The molecule has 0 spiro atoms. The van der Waals surface area contributed by atoms with Crippen LogP contribution < -0.4 is 0 Å². The molecule has 2 rings (SSSR count). The molecule has 0 bridgehead atoms. The number of ether oxygens (including phenoxy) is 1. The third kappa shape index (κ3) is 2.94. The lowest BCUT2D eigenvalue weighted by atomic mass is 10.0.